The number of pyridine rings is 1. The third-order valence-electron chi connectivity index (χ3n) is 2.62. The van der Waals surface area contributed by atoms with Crippen molar-refractivity contribution in [2.75, 3.05) is 18.5 Å². The zero-order valence-electron chi connectivity index (χ0n) is 9.97. The lowest BCUT2D eigenvalue weighted by Gasteiger charge is -2.20. The van der Waals surface area contributed by atoms with Crippen LogP contribution in [0.25, 0.3) is 0 Å². The Bertz CT molecular complexity index is 453. The van der Waals surface area contributed by atoms with Gasteiger partial charge in [-0.05, 0) is 36.0 Å². The highest BCUT2D eigenvalue weighted by Gasteiger charge is 2.08. The van der Waals surface area contributed by atoms with Gasteiger partial charge in [-0.15, -0.1) is 11.3 Å². The summed E-state index contributed by atoms with van der Waals surface area (Å²) >= 11 is 1.77. The van der Waals surface area contributed by atoms with Gasteiger partial charge in [0.1, 0.15) is 5.82 Å². The monoisotopic (exact) mass is 247 g/mol. The Morgan fingerprint density at radius 2 is 2.24 bits per heavy atom. The first-order chi connectivity index (χ1) is 8.31. The van der Waals surface area contributed by atoms with E-state index in [1.54, 1.807) is 11.3 Å². The van der Waals surface area contributed by atoms with E-state index in [2.05, 4.69) is 40.5 Å². The van der Waals surface area contributed by atoms with Gasteiger partial charge >= 0.3 is 0 Å². The molecule has 0 radical (unpaired) electrons. The fourth-order valence-electron chi connectivity index (χ4n) is 1.84. The van der Waals surface area contributed by atoms with Crippen LogP contribution in [0.2, 0.25) is 0 Å². The molecule has 3 nitrogen and oxygen atoms in total. The van der Waals surface area contributed by atoms with Crippen molar-refractivity contribution in [2.24, 2.45) is 5.73 Å². The Morgan fingerprint density at radius 3 is 2.94 bits per heavy atom. The van der Waals surface area contributed by atoms with Crippen LogP contribution in [0.3, 0.4) is 0 Å². The molecule has 0 atom stereocenters. The van der Waals surface area contributed by atoms with Crippen LogP contribution >= 0.6 is 11.3 Å². The summed E-state index contributed by atoms with van der Waals surface area (Å²) in [6.45, 7) is 1.55. The summed E-state index contributed by atoms with van der Waals surface area (Å²) in [4.78, 5) is 7.97. The quantitative estimate of drug-likeness (QED) is 0.881. The molecule has 2 rings (SSSR count). The van der Waals surface area contributed by atoms with Crippen molar-refractivity contribution in [1.82, 2.24) is 4.98 Å². The van der Waals surface area contributed by atoms with E-state index in [1.807, 2.05) is 12.3 Å². The fraction of sp³-hybridized carbons (Fsp3) is 0.308. The van der Waals surface area contributed by atoms with Crippen LogP contribution in [0.4, 0.5) is 5.82 Å². The molecule has 2 aromatic heterocycles. The maximum atomic E-state index is 5.62. The maximum absolute atomic E-state index is 5.62. The highest BCUT2D eigenvalue weighted by atomic mass is 32.1. The number of rotatable bonds is 5. The van der Waals surface area contributed by atoms with Crippen molar-refractivity contribution in [1.29, 1.82) is 0 Å². The van der Waals surface area contributed by atoms with E-state index in [0.29, 0.717) is 6.54 Å². The molecule has 0 aliphatic heterocycles. The van der Waals surface area contributed by atoms with E-state index >= 15 is 0 Å². The number of hydrogen-bond acceptors (Lipinski definition) is 4. The standard InChI is InChI=1S/C13H17N3S/c1-16(10-12-5-3-9-17-12)13-11(6-7-14)4-2-8-15-13/h2-5,8-9H,6-7,10,14H2,1H3. The molecule has 17 heavy (non-hydrogen) atoms. The van der Waals surface area contributed by atoms with Crippen LogP contribution in [0.5, 0.6) is 0 Å². The average molecular weight is 247 g/mol. The molecule has 0 spiro atoms. The highest BCUT2D eigenvalue weighted by molar-refractivity contribution is 7.09. The van der Waals surface area contributed by atoms with Gasteiger partial charge in [-0.1, -0.05) is 12.1 Å². The van der Waals surface area contributed by atoms with Crippen molar-refractivity contribution >= 4 is 17.2 Å². The third kappa shape index (κ3) is 3.05. The predicted octanol–water partition coefficient (Wildman–Crippen LogP) is 2.28. The van der Waals surface area contributed by atoms with Crippen molar-refractivity contribution < 1.29 is 0 Å². The maximum Gasteiger partial charge on any atom is 0.131 e. The molecule has 2 N–H and O–H groups in total. The lowest BCUT2D eigenvalue weighted by molar-refractivity contribution is 0.876. The minimum absolute atomic E-state index is 0.658. The molecule has 0 unspecified atom stereocenters. The summed E-state index contributed by atoms with van der Waals surface area (Å²) in [5, 5.41) is 2.10. The van der Waals surface area contributed by atoms with Crippen molar-refractivity contribution in [3.63, 3.8) is 0 Å². The Hall–Kier alpha value is -1.39. The Labute approximate surface area is 106 Å². The molecular formula is C13H17N3S. The lowest BCUT2D eigenvalue weighted by atomic mass is 10.2. The predicted molar refractivity (Wildman–Crippen MR) is 73.4 cm³/mol. The summed E-state index contributed by atoms with van der Waals surface area (Å²) < 4.78 is 0. The molecule has 2 heterocycles. The van der Waals surface area contributed by atoms with Gasteiger partial charge in [-0.3, -0.25) is 0 Å². The van der Waals surface area contributed by atoms with E-state index in [9.17, 15) is 0 Å². The van der Waals surface area contributed by atoms with Crippen LogP contribution in [-0.4, -0.2) is 18.6 Å². The minimum Gasteiger partial charge on any atom is -0.354 e. The molecule has 2 aromatic rings. The number of aromatic nitrogens is 1. The van der Waals surface area contributed by atoms with Gasteiger partial charge in [0, 0.05) is 18.1 Å². The molecule has 0 saturated heterocycles. The van der Waals surface area contributed by atoms with Crippen molar-refractivity contribution in [3.05, 3.63) is 46.3 Å². The third-order valence-corrected chi connectivity index (χ3v) is 3.48. The number of nitrogens with two attached hydrogens (primary N) is 1. The van der Waals surface area contributed by atoms with E-state index in [1.165, 1.54) is 10.4 Å². The SMILES string of the molecule is CN(Cc1cccs1)c1ncccc1CCN. The summed E-state index contributed by atoms with van der Waals surface area (Å²) in [5.74, 6) is 1.03. The largest absolute Gasteiger partial charge is 0.354 e. The zero-order valence-corrected chi connectivity index (χ0v) is 10.8. The highest BCUT2D eigenvalue weighted by Crippen LogP contribution is 2.20. The molecule has 0 aliphatic rings. The summed E-state index contributed by atoms with van der Waals surface area (Å²) in [7, 11) is 2.07. The fourth-order valence-corrected chi connectivity index (χ4v) is 2.59. The van der Waals surface area contributed by atoms with E-state index in [-0.39, 0.29) is 0 Å². The second-order valence-electron chi connectivity index (χ2n) is 3.96. The van der Waals surface area contributed by atoms with Crippen molar-refractivity contribution in [2.45, 2.75) is 13.0 Å². The van der Waals surface area contributed by atoms with Crippen LogP contribution < -0.4 is 10.6 Å². The van der Waals surface area contributed by atoms with Crippen molar-refractivity contribution in [3.8, 4) is 0 Å². The lowest BCUT2D eigenvalue weighted by Crippen LogP contribution is -2.19. The molecule has 4 heteroatoms. The minimum atomic E-state index is 0.658. The van der Waals surface area contributed by atoms with Crippen LogP contribution in [0.1, 0.15) is 10.4 Å². The van der Waals surface area contributed by atoms with Gasteiger partial charge in [0.25, 0.3) is 0 Å². The molecule has 0 amide bonds. The molecular weight excluding hydrogens is 230 g/mol. The average Bonchev–Trinajstić information content (AvgIpc) is 2.83. The Balaban J connectivity index is 2.15. The van der Waals surface area contributed by atoms with Crippen LogP contribution in [-0.2, 0) is 13.0 Å². The number of nitrogens with zero attached hydrogens (tertiary/aromatic N) is 2. The normalized spacial score (nSPS) is 10.5. The number of anilines is 1. The van der Waals surface area contributed by atoms with Gasteiger partial charge in [0.15, 0.2) is 0 Å². The molecule has 0 bridgehead atoms. The molecule has 0 aliphatic carbocycles. The molecule has 0 saturated carbocycles. The number of hydrogen-bond donors (Lipinski definition) is 1. The van der Waals surface area contributed by atoms with Gasteiger partial charge in [-0.25, -0.2) is 4.98 Å². The first kappa shape index (κ1) is 12.1. The van der Waals surface area contributed by atoms with Crippen LogP contribution in [0, 0.1) is 0 Å². The van der Waals surface area contributed by atoms with Gasteiger partial charge in [0.05, 0.1) is 6.54 Å². The smallest absolute Gasteiger partial charge is 0.131 e. The number of thiophene rings is 1. The molecule has 90 valence electrons. The van der Waals surface area contributed by atoms with Crippen LogP contribution in [0.15, 0.2) is 35.8 Å². The zero-order chi connectivity index (χ0) is 12.1. The van der Waals surface area contributed by atoms with Gasteiger partial charge < -0.3 is 10.6 Å². The van der Waals surface area contributed by atoms with E-state index in [4.69, 9.17) is 5.73 Å². The Kier molecular flexibility index (Phi) is 4.12. The summed E-state index contributed by atoms with van der Waals surface area (Å²) in [6, 6.07) is 8.29. The molecule has 0 aromatic carbocycles. The van der Waals surface area contributed by atoms with Gasteiger partial charge in [0.2, 0.25) is 0 Å². The second-order valence-corrected chi connectivity index (χ2v) is 4.99. The van der Waals surface area contributed by atoms with E-state index < -0.39 is 0 Å². The summed E-state index contributed by atoms with van der Waals surface area (Å²) in [6.07, 6.45) is 2.71. The topological polar surface area (TPSA) is 42.2 Å². The second kappa shape index (κ2) is 5.80. The Morgan fingerprint density at radius 1 is 1.35 bits per heavy atom. The van der Waals surface area contributed by atoms with Gasteiger partial charge in [-0.2, -0.15) is 0 Å². The first-order valence-corrected chi connectivity index (χ1v) is 6.56. The first-order valence-electron chi connectivity index (χ1n) is 5.68. The van der Waals surface area contributed by atoms with E-state index in [0.717, 1.165) is 18.8 Å². The molecule has 0 fully saturated rings. The summed E-state index contributed by atoms with van der Waals surface area (Å²) in [5.41, 5.74) is 6.84.